The van der Waals surface area contributed by atoms with Gasteiger partial charge in [-0.05, 0) is 195 Å². The summed E-state index contributed by atoms with van der Waals surface area (Å²) in [7, 11) is 0. The van der Waals surface area contributed by atoms with Crippen LogP contribution in [0.4, 0.5) is 0 Å². The Morgan fingerprint density at radius 2 is 0.509 bits per heavy atom. The van der Waals surface area contributed by atoms with E-state index >= 15 is 0 Å². The molecule has 0 aliphatic heterocycles. The van der Waals surface area contributed by atoms with Crippen LogP contribution in [0.15, 0.2) is 352 Å². The number of hydrogen-bond donors (Lipinski definition) is 0. The summed E-state index contributed by atoms with van der Waals surface area (Å²) in [5, 5.41) is 16.0. The van der Waals surface area contributed by atoms with Crippen LogP contribution >= 0.6 is 0 Å². The number of hydrogen-bond acceptors (Lipinski definition) is 0. The van der Waals surface area contributed by atoms with Crippen LogP contribution in [-0.4, -0.2) is 22.8 Å². The van der Waals surface area contributed by atoms with Crippen molar-refractivity contribution in [3.05, 3.63) is 363 Å². The highest BCUT2D eigenvalue weighted by Gasteiger charge is 2.19. The molecule has 108 heavy (non-hydrogen) atoms. The number of nitrogens with zero attached hydrogens (tertiary/aromatic N) is 5. The van der Waals surface area contributed by atoms with Crippen LogP contribution < -0.4 is 0 Å². The highest BCUT2D eigenvalue weighted by Crippen LogP contribution is 2.41. The Hall–Kier alpha value is -12.4. The Labute approximate surface area is 634 Å². The zero-order valence-electron chi connectivity index (χ0n) is 63.6. The SMILES string of the molecule is CC(C)c1ccc(-n2c3ccccc3c3ccccc32)cc1.CC(C)c1cccc(-n2c3ccccc3c3ccccc32)c1.CC(C)n1c2ccc(-c3ccccc3)cc2c2cc(-c3ccccc3)ccc21.CC(C)n1c2ccccc2c2c3ccccc3ccc21.CC(C)n1c2ccccc2c2ccccc21. The van der Waals surface area contributed by atoms with Gasteiger partial charge >= 0.3 is 0 Å². The van der Waals surface area contributed by atoms with E-state index < -0.39 is 0 Å². The monoisotopic (exact) mass is 1400 g/mol. The molecule has 20 rings (SSSR count). The summed E-state index contributed by atoms with van der Waals surface area (Å²) in [5.41, 5.74) is 23.3. The molecule has 20 aromatic rings. The van der Waals surface area contributed by atoms with E-state index in [0.29, 0.717) is 30.0 Å². The number of aromatic nitrogens is 5. The van der Waals surface area contributed by atoms with E-state index in [4.69, 9.17) is 0 Å². The molecule has 0 atom stereocenters. The molecule has 15 aromatic carbocycles. The fourth-order valence-corrected chi connectivity index (χ4v) is 16.5. The maximum absolute atomic E-state index is 2.45. The lowest BCUT2D eigenvalue weighted by Crippen LogP contribution is -1.99. The Morgan fingerprint density at radius 1 is 0.185 bits per heavy atom. The molecule has 0 N–H and O–H groups in total. The quantitative estimate of drug-likeness (QED) is 0.138. The topological polar surface area (TPSA) is 24.6 Å². The third-order valence-corrected chi connectivity index (χ3v) is 21.6. The van der Waals surface area contributed by atoms with Gasteiger partial charge in [-0.2, -0.15) is 0 Å². The van der Waals surface area contributed by atoms with Crippen LogP contribution in [0.25, 0.3) is 153 Å². The van der Waals surface area contributed by atoms with Crippen molar-refractivity contribution < 1.29 is 0 Å². The van der Waals surface area contributed by atoms with Crippen molar-refractivity contribution in [3.63, 3.8) is 0 Å². The molecule has 0 amide bonds. The van der Waals surface area contributed by atoms with E-state index in [1.807, 2.05) is 0 Å². The van der Waals surface area contributed by atoms with E-state index in [1.54, 1.807) is 0 Å². The molecular weight excluding hydrogens is 1310 g/mol. The summed E-state index contributed by atoms with van der Waals surface area (Å²) in [6.45, 7) is 22.4. The summed E-state index contributed by atoms with van der Waals surface area (Å²) < 4.78 is 12.0. The fourth-order valence-electron chi connectivity index (χ4n) is 16.5. The Bertz CT molecular complexity index is 6330. The summed E-state index contributed by atoms with van der Waals surface area (Å²) >= 11 is 0. The third-order valence-electron chi connectivity index (χ3n) is 21.6. The molecule has 5 heterocycles. The molecule has 5 heteroatoms. The van der Waals surface area contributed by atoms with Crippen LogP contribution in [0.3, 0.4) is 0 Å². The Balaban J connectivity index is 0.000000104. The zero-order chi connectivity index (χ0) is 74.1. The maximum Gasteiger partial charge on any atom is 0.0541 e. The van der Waals surface area contributed by atoms with Crippen LogP contribution in [0.5, 0.6) is 0 Å². The molecule has 0 saturated heterocycles. The van der Waals surface area contributed by atoms with Crippen molar-refractivity contribution in [2.24, 2.45) is 0 Å². The highest BCUT2D eigenvalue weighted by atomic mass is 15.0. The van der Waals surface area contributed by atoms with Gasteiger partial charge in [-0.15, -0.1) is 0 Å². The van der Waals surface area contributed by atoms with E-state index in [2.05, 4.69) is 444 Å². The first kappa shape index (κ1) is 69.9. The lowest BCUT2D eigenvalue weighted by molar-refractivity contribution is 0.642. The number of rotatable bonds is 9. The molecule has 0 aliphatic carbocycles. The zero-order valence-corrected chi connectivity index (χ0v) is 63.6. The van der Waals surface area contributed by atoms with Gasteiger partial charge in [-0.1, -0.05) is 282 Å². The van der Waals surface area contributed by atoms with Gasteiger partial charge in [0.1, 0.15) is 0 Å². The van der Waals surface area contributed by atoms with Crippen LogP contribution in [0.2, 0.25) is 0 Å². The summed E-state index contributed by atoms with van der Waals surface area (Å²) in [6, 6.07) is 128. The lowest BCUT2D eigenvalue weighted by Gasteiger charge is -2.12. The lowest BCUT2D eigenvalue weighted by atomic mass is 10.0. The molecule has 0 fully saturated rings. The van der Waals surface area contributed by atoms with Crippen molar-refractivity contribution in [2.45, 2.75) is 99.2 Å². The van der Waals surface area contributed by atoms with E-state index in [0.717, 1.165) is 0 Å². The van der Waals surface area contributed by atoms with Crippen molar-refractivity contribution in [2.75, 3.05) is 0 Å². The number of fused-ring (bicyclic) bond motifs is 17. The van der Waals surface area contributed by atoms with E-state index in [1.165, 1.54) is 165 Å². The van der Waals surface area contributed by atoms with Crippen LogP contribution in [0, 0.1) is 0 Å². The van der Waals surface area contributed by atoms with Gasteiger partial charge in [-0.25, -0.2) is 0 Å². The first-order valence-corrected chi connectivity index (χ1v) is 38.5. The van der Waals surface area contributed by atoms with Gasteiger partial charge < -0.3 is 22.8 Å². The fraction of sp³-hybridized carbons (Fsp3) is 0.146. The van der Waals surface area contributed by atoms with Crippen molar-refractivity contribution in [1.29, 1.82) is 0 Å². The minimum absolute atomic E-state index is 0.408. The molecule has 0 bridgehead atoms. The van der Waals surface area contributed by atoms with Gasteiger partial charge in [0.2, 0.25) is 0 Å². The third kappa shape index (κ3) is 13.2. The minimum Gasteiger partial charge on any atom is -0.338 e. The first-order valence-electron chi connectivity index (χ1n) is 38.5. The van der Waals surface area contributed by atoms with Crippen LogP contribution in [0.1, 0.15) is 110 Å². The molecule has 5 aromatic heterocycles. The second-order valence-corrected chi connectivity index (χ2v) is 30.1. The van der Waals surface area contributed by atoms with Gasteiger partial charge in [0.15, 0.2) is 0 Å². The average molecular weight is 1400 g/mol. The van der Waals surface area contributed by atoms with Gasteiger partial charge in [0.05, 0.1) is 22.1 Å². The van der Waals surface area contributed by atoms with E-state index in [9.17, 15) is 0 Å². The Morgan fingerprint density at radius 3 is 0.926 bits per heavy atom. The summed E-state index contributed by atoms with van der Waals surface area (Å²) in [4.78, 5) is 0. The average Bonchev–Trinajstić information content (AvgIpc) is 2.40. The molecule has 5 nitrogen and oxygen atoms in total. The normalized spacial score (nSPS) is 11.7. The molecular formula is C103H93N5. The maximum atomic E-state index is 2.45. The predicted molar refractivity (Wildman–Crippen MR) is 468 cm³/mol. The van der Waals surface area contributed by atoms with Gasteiger partial charge in [0.25, 0.3) is 0 Å². The summed E-state index contributed by atoms with van der Waals surface area (Å²) in [5.74, 6) is 1.10. The first-order chi connectivity index (χ1) is 52.8. The number of para-hydroxylation sites is 7. The van der Waals surface area contributed by atoms with Crippen molar-refractivity contribution in [3.8, 4) is 33.6 Å². The molecule has 0 radical (unpaired) electrons. The number of benzene rings is 15. The molecule has 0 saturated carbocycles. The minimum atomic E-state index is 0.408. The smallest absolute Gasteiger partial charge is 0.0541 e. The standard InChI is InChI=1S/C27H23N.2C21H19N.C19H17N.C15H15N/c1-19(2)28-26-15-13-22(20-9-5-3-6-10-20)17-24(26)25-18-23(14-16-27(25)28)21-11-7-4-8-12-21;1-15(2)16-8-7-9-17(14-16)22-20-12-5-3-10-18(20)19-11-4-6-13-21(19)22;1-15(2)16-11-13-17(14-12-16)22-20-9-5-3-7-18(20)19-8-4-6-10-21(19)22;1-13(2)20-17-10-6-5-9-16(17)19-15-8-4-3-7-14(15)11-12-18(19)20;1-11(2)16-14-9-5-3-7-12(14)13-8-4-6-10-15(13)16/h3-19H,1-2H3;2*3-15H,1-2H3;3-13H,1-2H3;3-11H,1-2H3. The van der Waals surface area contributed by atoms with Gasteiger partial charge in [0, 0.05) is 116 Å². The largest absolute Gasteiger partial charge is 0.338 e. The molecule has 0 unspecified atom stereocenters. The second kappa shape index (κ2) is 30.2. The predicted octanol–water partition coefficient (Wildman–Crippen LogP) is 29.4. The molecule has 530 valence electrons. The summed E-state index contributed by atoms with van der Waals surface area (Å²) in [6.07, 6.45) is 0. The molecule has 0 spiro atoms. The molecule has 0 aliphatic rings. The van der Waals surface area contributed by atoms with Crippen LogP contribution in [-0.2, 0) is 0 Å². The van der Waals surface area contributed by atoms with Gasteiger partial charge in [-0.3, -0.25) is 0 Å². The van der Waals surface area contributed by atoms with Crippen molar-refractivity contribution >= 4 is 120 Å². The second-order valence-electron chi connectivity index (χ2n) is 30.1. The highest BCUT2D eigenvalue weighted by molar-refractivity contribution is 6.21. The van der Waals surface area contributed by atoms with Crippen molar-refractivity contribution in [1.82, 2.24) is 22.8 Å². The van der Waals surface area contributed by atoms with E-state index in [-0.39, 0.29) is 0 Å². The Kier molecular flexibility index (Phi) is 19.5.